The van der Waals surface area contributed by atoms with Crippen molar-refractivity contribution in [1.82, 2.24) is 9.97 Å². The van der Waals surface area contributed by atoms with Crippen molar-refractivity contribution >= 4 is 17.6 Å². The first-order chi connectivity index (χ1) is 8.22. The molecule has 4 N–H and O–H groups in total. The van der Waals surface area contributed by atoms with Crippen LogP contribution in [0.5, 0.6) is 0 Å². The highest BCUT2D eigenvalue weighted by Crippen LogP contribution is 2.27. The van der Waals surface area contributed by atoms with Crippen molar-refractivity contribution in [3.8, 4) is 0 Å². The Morgan fingerprint density at radius 1 is 1.00 bits per heavy atom. The number of nitrogen functional groups attached to an aromatic ring is 2. The van der Waals surface area contributed by atoms with Crippen LogP contribution in [0.4, 0.5) is 17.6 Å². The van der Waals surface area contributed by atoms with Crippen LogP contribution in [0.2, 0.25) is 0 Å². The van der Waals surface area contributed by atoms with E-state index in [0.29, 0.717) is 5.82 Å². The van der Waals surface area contributed by atoms with E-state index in [1.165, 1.54) is 11.1 Å². The van der Waals surface area contributed by atoms with Crippen LogP contribution >= 0.6 is 0 Å². The molecule has 3 rings (SSSR count). The van der Waals surface area contributed by atoms with E-state index in [4.69, 9.17) is 11.5 Å². The molecular weight excluding hydrogens is 214 g/mol. The summed E-state index contributed by atoms with van der Waals surface area (Å²) in [5.74, 6) is 1.41. The number of anilines is 3. The van der Waals surface area contributed by atoms with Crippen LogP contribution in [-0.2, 0) is 13.1 Å². The van der Waals surface area contributed by atoms with Crippen molar-refractivity contribution in [2.45, 2.75) is 13.1 Å². The number of aromatic nitrogens is 2. The summed E-state index contributed by atoms with van der Waals surface area (Å²) in [4.78, 5) is 10.2. The maximum absolute atomic E-state index is 5.67. The standard InChI is InChI=1S/C12H13N5/c13-10-5-11(16-12(14)15-10)17-6-8-3-1-2-4-9(8)7-17/h1-5H,6-7H2,(H4,13,14,15,16). The molecule has 1 aliphatic heterocycles. The summed E-state index contributed by atoms with van der Waals surface area (Å²) >= 11 is 0. The largest absolute Gasteiger partial charge is 0.383 e. The number of nitrogens with zero attached hydrogens (tertiary/aromatic N) is 3. The van der Waals surface area contributed by atoms with Crippen LogP contribution in [0.15, 0.2) is 30.3 Å². The van der Waals surface area contributed by atoms with E-state index in [2.05, 4.69) is 27.0 Å². The second-order valence-corrected chi connectivity index (χ2v) is 4.13. The third kappa shape index (κ3) is 1.75. The van der Waals surface area contributed by atoms with E-state index in [1.807, 2.05) is 12.1 Å². The molecule has 0 radical (unpaired) electrons. The molecule has 0 fully saturated rings. The van der Waals surface area contributed by atoms with Crippen molar-refractivity contribution in [2.24, 2.45) is 0 Å². The third-order valence-corrected chi connectivity index (χ3v) is 2.91. The van der Waals surface area contributed by atoms with E-state index >= 15 is 0 Å². The fourth-order valence-electron chi connectivity index (χ4n) is 2.13. The first-order valence-electron chi connectivity index (χ1n) is 5.44. The zero-order chi connectivity index (χ0) is 11.8. The molecule has 1 aliphatic rings. The Balaban J connectivity index is 1.93. The second kappa shape index (κ2) is 3.62. The maximum Gasteiger partial charge on any atom is 0.223 e. The van der Waals surface area contributed by atoms with Gasteiger partial charge in [0, 0.05) is 19.2 Å². The lowest BCUT2D eigenvalue weighted by molar-refractivity contribution is 0.854. The quantitative estimate of drug-likeness (QED) is 0.764. The Hall–Kier alpha value is -2.30. The summed E-state index contributed by atoms with van der Waals surface area (Å²) in [5.41, 5.74) is 13.9. The maximum atomic E-state index is 5.67. The first-order valence-corrected chi connectivity index (χ1v) is 5.44. The van der Waals surface area contributed by atoms with Crippen molar-refractivity contribution in [1.29, 1.82) is 0 Å². The Morgan fingerprint density at radius 3 is 2.24 bits per heavy atom. The molecular formula is C12H13N5. The van der Waals surface area contributed by atoms with Gasteiger partial charge in [0.15, 0.2) is 0 Å². The number of fused-ring (bicyclic) bond motifs is 1. The lowest BCUT2D eigenvalue weighted by Gasteiger charge is -2.16. The van der Waals surface area contributed by atoms with Crippen molar-refractivity contribution < 1.29 is 0 Å². The predicted molar refractivity (Wildman–Crippen MR) is 67.2 cm³/mol. The lowest BCUT2D eigenvalue weighted by Crippen LogP contribution is -2.17. The van der Waals surface area contributed by atoms with Gasteiger partial charge in [-0.1, -0.05) is 24.3 Å². The summed E-state index contributed by atoms with van der Waals surface area (Å²) in [6, 6.07) is 10.1. The topological polar surface area (TPSA) is 81.1 Å². The fourth-order valence-corrected chi connectivity index (χ4v) is 2.13. The second-order valence-electron chi connectivity index (χ2n) is 4.13. The third-order valence-electron chi connectivity index (χ3n) is 2.91. The van der Waals surface area contributed by atoms with E-state index in [-0.39, 0.29) is 5.95 Å². The fraction of sp³-hybridized carbons (Fsp3) is 0.167. The molecule has 0 saturated carbocycles. The molecule has 0 saturated heterocycles. The summed E-state index contributed by atoms with van der Waals surface area (Å²) in [5, 5.41) is 0. The molecule has 2 heterocycles. The van der Waals surface area contributed by atoms with Gasteiger partial charge in [0.05, 0.1) is 0 Å². The summed E-state index contributed by atoms with van der Waals surface area (Å²) in [7, 11) is 0. The number of nitrogens with two attached hydrogens (primary N) is 2. The van der Waals surface area contributed by atoms with Crippen LogP contribution in [0.25, 0.3) is 0 Å². The molecule has 1 aromatic heterocycles. The Morgan fingerprint density at radius 2 is 1.65 bits per heavy atom. The van der Waals surface area contributed by atoms with Crippen molar-refractivity contribution in [2.75, 3.05) is 16.4 Å². The molecule has 1 aromatic carbocycles. The van der Waals surface area contributed by atoms with Crippen molar-refractivity contribution in [3.05, 3.63) is 41.5 Å². The molecule has 0 atom stereocenters. The van der Waals surface area contributed by atoms with Gasteiger partial charge in [-0.2, -0.15) is 9.97 Å². The minimum Gasteiger partial charge on any atom is -0.383 e. The molecule has 0 spiro atoms. The summed E-state index contributed by atoms with van der Waals surface area (Å²) in [6.45, 7) is 1.68. The van der Waals surface area contributed by atoms with Gasteiger partial charge in [-0.05, 0) is 11.1 Å². The lowest BCUT2D eigenvalue weighted by atomic mass is 10.1. The molecule has 5 heteroatoms. The summed E-state index contributed by atoms with van der Waals surface area (Å²) in [6.07, 6.45) is 0. The van der Waals surface area contributed by atoms with Crippen LogP contribution in [-0.4, -0.2) is 9.97 Å². The molecule has 0 bridgehead atoms. The number of rotatable bonds is 1. The van der Waals surface area contributed by atoms with Crippen LogP contribution in [0, 0.1) is 0 Å². The Kier molecular flexibility index (Phi) is 2.11. The molecule has 86 valence electrons. The van der Waals surface area contributed by atoms with Crippen LogP contribution in [0.1, 0.15) is 11.1 Å². The van der Waals surface area contributed by atoms with Gasteiger partial charge in [0.2, 0.25) is 5.95 Å². The molecule has 17 heavy (non-hydrogen) atoms. The highest BCUT2D eigenvalue weighted by Gasteiger charge is 2.20. The molecule has 5 nitrogen and oxygen atoms in total. The zero-order valence-corrected chi connectivity index (χ0v) is 9.30. The van der Waals surface area contributed by atoms with Gasteiger partial charge in [-0.15, -0.1) is 0 Å². The number of hydrogen-bond acceptors (Lipinski definition) is 5. The highest BCUT2D eigenvalue weighted by atomic mass is 15.2. The van der Waals surface area contributed by atoms with Gasteiger partial charge in [-0.3, -0.25) is 0 Å². The van der Waals surface area contributed by atoms with E-state index in [1.54, 1.807) is 6.07 Å². The average Bonchev–Trinajstić information content (AvgIpc) is 2.71. The van der Waals surface area contributed by atoms with Crippen LogP contribution in [0.3, 0.4) is 0 Å². The minimum absolute atomic E-state index is 0.218. The zero-order valence-electron chi connectivity index (χ0n) is 9.30. The Labute approximate surface area is 99.1 Å². The van der Waals surface area contributed by atoms with Crippen LogP contribution < -0.4 is 16.4 Å². The van der Waals surface area contributed by atoms with Crippen molar-refractivity contribution in [3.63, 3.8) is 0 Å². The van der Waals surface area contributed by atoms with Gasteiger partial charge in [-0.25, -0.2) is 0 Å². The molecule has 0 amide bonds. The first kappa shape index (κ1) is 9.89. The monoisotopic (exact) mass is 227 g/mol. The molecule has 0 aliphatic carbocycles. The van der Waals surface area contributed by atoms with E-state index < -0.39 is 0 Å². The molecule has 2 aromatic rings. The predicted octanol–water partition coefficient (Wildman–Crippen LogP) is 1.16. The van der Waals surface area contributed by atoms with E-state index in [0.717, 1.165) is 18.9 Å². The summed E-state index contributed by atoms with van der Waals surface area (Å²) < 4.78 is 0. The number of hydrogen-bond donors (Lipinski definition) is 2. The van der Waals surface area contributed by atoms with E-state index in [9.17, 15) is 0 Å². The Bertz CT molecular complexity index is 521. The number of benzene rings is 1. The van der Waals surface area contributed by atoms with Gasteiger partial charge in [0.25, 0.3) is 0 Å². The smallest absolute Gasteiger partial charge is 0.223 e. The van der Waals surface area contributed by atoms with Gasteiger partial charge >= 0.3 is 0 Å². The van der Waals surface area contributed by atoms with Gasteiger partial charge in [0.1, 0.15) is 11.6 Å². The molecule has 0 unspecified atom stereocenters. The SMILES string of the molecule is Nc1cc(N2Cc3ccccc3C2)nc(N)n1. The van der Waals surface area contributed by atoms with Gasteiger partial charge < -0.3 is 16.4 Å². The highest BCUT2D eigenvalue weighted by molar-refractivity contribution is 5.53. The minimum atomic E-state index is 0.218. The average molecular weight is 227 g/mol. The normalized spacial score (nSPS) is 13.8.